The fourth-order valence-electron chi connectivity index (χ4n) is 3.43. The number of carboxylic acid groups (broad SMARTS) is 1. The van der Waals surface area contributed by atoms with Crippen LogP contribution in [0, 0.1) is 0 Å². The van der Waals surface area contributed by atoms with Gasteiger partial charge in [-0.05, 0) is 68.4 Å². The number of carboxylic acids is 1. The number of aromatic amines is 1. The van der Waals surface area contributed by atoms with Crippen LogP contribution in [0.25, 0.3) is 10.9 Å². The van der Waals surface area contributed by atoms with Gasteiger partial charge < -0.3 is 20.1 Å². The Labute approximate surface area is 224 Å². The number of halogens is 3. The maximum absolute atomic E-state index is 12.7. The molecular weight excluding hydrogens is 511 g/mol. The number of carbonyl (C=O) groups excluding carboxylic acids is 1. The average Bonchev–Trinajstić information content (AvgIpc) is 3.33. The molecule has 206 valence electrons. The molecule has 1 amide bonds. The minimum atomic E-state index is -5.08. The zero-order chi connectivity index (χ0) is 28.6. The highest BCUT2D eigenvalue weighted by molar-refractivity contribution is 6.06. The van der Waals surface area contributed by atoms with Crippen LogP contribution in [-0.4, -0.2) is 46.1 Å². The smallest absolute Gasteiger partial charge is 0.489 e. The summed E-state index contributed by atoms with van der Waals surface area (Å²) in [7, 11) is 2.11. The number of alkyl halides is 3. The van der Waals surface area contributed by atoms with Gasteiger partial charge >= 0.3 is 12.1 Å². The fourth-order valence-corrected chi connectivity index (χ4v) is 3.43. The van der Waals surface area contributed by atoms with Gasteiger partial charge in [-0.1, -0.05) is 42.5 Å². The van der Waals surface area contributed by atoms with Crippen LogP contribution in [0.4, 0.5) is 18.9 Å². The predicted octanol–water partition coefficient (Wildman–Crippen LogP) is 6.47. The summed E-state index contributed by atoms with van der Waals surface area (Å²) in [6.45, 7) is 5.73. The van der Waals surface area contributed by atoms with E-state index in [4.69, 9.17) is 14.6 Å². The van der Waals surface area contributed by atoms with E-state index >= 15 is 0 Å². The third-order valence-corrected chi connectivity index (χ3v) is 5.85. The predicted molar refractivity (Wildman–Crippen MR) is 144 cm³/mol. The van der Waals surface area contributed by atoms with E-state index in [0.717, 1.165) is 34.4 Å². The van der Waals surface area contributed by atoms with E-state index < -0.39 is 12.1 Å². The largest absolute Gasteiger partial charge is 0.490 e. The standard InChI is InChI=1S/C27H29N3O2.C2HF3O2/c1-19(2)30(3)17-20-9-11-23(12-10-20)28-27(31)26-16-22-15-24(13-14-25(22)29-26)32-18-21-7-5-4-6-8-21;3-2(4,5)1(6)7/h4-16,19,29H,17-18H2,1-3H3,(H,28,31);(H,6,7). The second kappa shape index (κ2) is 13.0. The van der Waals surface area contributed by atoms with E-state index in [-0.39, 0.29) is 5.91 Å². The average molecular weight is 542 g/mol. The molecular formula is C29H30F3N3O4. The van der Waals surface area contributed by atoms with Crippen LogP contribution in [0.5, 0.6) is 5.75 Å². The summed E-state index contributed by atoms with van der Waals surface area (Å²) >= 11 is 0. The second-order valence-corrected chi connectivity index (χ2v) is 9.17. The molecule has 0 radical (unpaired) electrons. The van der Waals surface area contributed by atoms with Crippen molar-refractivity contribution in [1.29, 1.82) is 0 Å². The van der Waals surface area contributed by atoms with Crippen LogP contribution in [-0.2, 0) is 17.9 Å². The Morgan fingerprint density at radius 3 is 2.21 bits per heavy atom. The molecule has 10 heteroatoms. The Morgan fingerprint density at radius 1 is 0.974 bits per heavy atom. The maximum Gasteiger partial charge on any atom is 0.490 e. The third kappa shape index (κ3) is 8.89. The molecule has 3 aromatic carbocycles. The number of H-pyrrole nitrogens is 1. The highest BCUT2D eigenvalue weighted by Gasteiger charge is 2.38. The minimum Gasteiger partial charge on any atom is -0.489 e. The molecule has 4 aromatic rings. The fraction of sp³-hybridized carbons (Fsp3) is 0.241. The lowest BCUT2D eigenvalue weighted by Crippen LogP contribution is -2.25. The van der Waals surface area contributed by atoms with Gasteiger partial charge in [-0.25, -0.2) is 4.79 Å². The lowest BCUT2D eigenvalue weighted by Gasteiger charge is -2.21. The number of anilines is 1. The second-order valence-electron chi connectivity index (χ2n) is 9.17. The summed E-state index contributed by atoms with van der Waals surface area (Å²) in [5.41, 5.74) is 4.52. The van der Waals surface area contributed by atoms with Crippen LogP contribution in [0.15, 0.2) is 78.9 Å². The van der Waals surface area contributed by atoms with E-state index in [1.54, 1.807) is 0 Å². The van der Waals surface area contributed by atoms with Gasteiger partial charge in [0.1, 0.15) is 18.1 Å². The number of hydrogen-bond donors (Lipinski definition) is 3. The molecule has 0 aliphatic carbocycles. The molecule has 0 saturated carbocycles. The van der Waals surface area contributed by atoms with Crippen molar-refractivity contribution in [2.24, 2.45) is 0 Å². The van der Waals surface area contributed by atoms with E-state index in [9.17, 15) is 18.0 Å². The Kier molecular flexibility index (Phi) is 9.73. The van der Waals surface area contributed by atoms with Crippen molar-refractivity contribution in [3.63, 3.8) is 0 Å². The first kappa shape index (κ1) is 29.2. The van der Waals surface area contributed by atoms with Gasteiger partial charge in [0.2, 0.25) is 0 Å². The molecule has 4 rings (SSSR count). The lowest BCUT2D eigenvalue weighted by molar-refractivity contribution is -0.192. The van der Waals surface area contributed by atoms with Crippen LogP contribution in [0.3, 0.4) is 0 Å². The van der Waals surface area contributed by atoms with E-state index in [1.165, 1.54) is 5.56 Å². The number of nitrogens with one attached hydrogen (secondary N) is 2. The number of aliphatic carboxylic acids is 1. The van der Waals surface area contributed by atoms with Crippen molar-refractivity contribution in [3.05, 3.63) is 95.7 Å². The first-order valence-electron chi connectivity index (χ1n) is 12.1. The Bertz CT molecular complexity index is 1380. The van der Waals surface area contributed by atoms with Crippen LogP contribution in [0.2, 0.25) is 0 Å². The number of fused-ring (bicyclic) bond motifs is 1. The Morgan fingerprint density at radius 2 is 1.62 bits per heavy atom. The van der Waals surface area contributed by atoms with Crippen molar-refractivity contribution < 1.29 is 32.6 Å². The maximum atomic E-state index is 12.7. The summed E-state index contributed by atoms with van der Waals surface area (Å²) in [6, 6.07) is 26.2. The number of rotatable bonds is 8. The number of amides is 1. The van der Waals surface area contributed by atoms with Crippen LogP contribution in [0.1, 0.15) is 35.5 Å². The molecule has 1 heterocycles. The van der Waals surface area contributed by atoms with Crippen LogP contribution >= 0.6 is 0 Å². The minimum absolute atomic E-state index is 0.167. The molecule has 0 unspecified atom stereocenters. The first-order chi connectivity index (χ1) is 18.4. The summed E-state index contributed by atoms with van der Waals surface area (Å²) in [5.74, 6) is -2.15. The van der Waals surface area contributed by atoms with Crippen molar-refractivity contribution in [3.8, 4) is 5.75 Å². The zero-order valence-electron chi connectivity index (χ0n) is 21.8. The van der Waals surface area contributed by atoms with Gasteiger partial charge in [-0.2, -0.15) is 13.2 Å². The normalized spacial score (nSPS) is 11.3. The van der Waals surface area contributed by atoms with Gasteiger partial charge in [-0.15, -0.1) is 0 Å². The monoisotopic (exact) mass is 541 g/mol. The van der Waals surface area contributed by atoms with Gasteiger partial charge in [0.25, 0.3) is 5.91 Å². The molecule has 0 aliphatic heterocycles. The molecule has 0 spiro atoms. The quantitative estimate of drug-likeness (QED) is 0.238. The molecule has 39 heavy (non-hydrogen) atoms. The van der Waals surface area contributed by atoms with Crippen molar-refractivity contribution in [1.82, 2.24) is 9.88 Å². The SMILES string of the molecule is CC(C)N(C)Cc1ccc(NC(=O)c2cc3cc(OCc4ccccc4)ccc3[nH]2)cc1.O=C(O)C(F)(F)F. The number of carbonyl (C=O) groups is 2. The van der Waals surface area contributed by atoms with E-state index in [1.807, 2.05) is 66.7 Å². The Hall–Kier alpha value is -4.31. The molecule has 3 N–H and O–H groups in total. The summed E-state index contributed by atoms with van der Waals surface area (Å²) < 4.78 is 37.6. The highest BCUT2D eigenvalue weighted by Crippen LogP contribution is 2.23. The van der Waals surface area contributed by atoms with Crippen LogP contribution < -0.4 is 10.1 Å². The number of hydrogen-bond acceptors (Lipinski definition) is 4. The van der Waals surface area contributed by atoms with Crippen molar-refractivity contribution in [2.75, 3.05) is 12.4 Å². The molecule has 0 saturated heterocycles. The topological polar surface area (TPSA) is 94.7 Å². The molecule has 0 bridgehead atoms. The van der Waals surface area contributed by atoms with Gasteiger partial charge in [0.05, 0.1) is 0 Å². The lowest BCUT2D eigenvalue weighted by atomic mass is 10.2. The van der Waals surface area contributed by atoms with Crippen molar-refractivity contribution in [2.45, 2.75) is 39.2 Å². The number of benzene rings is 3. The summed E-state index contributed by atoms with van der Waals surface area (Å²) in [5, 5.41) is 11.0. The highest BCUT2D eigenvalue weighted by atomic mass is 19.4. The first-order valence-corrected chi connectivity index (χ1v) is 12.1. The zero-order valence-corrected chi connectivity index (χ0v) is 21.8. The molecule has 1 aromatic heterocycles. The number of aromatic nitrogens is 1. The Balaban J connectivity index is 0.000000532. The van der Waals surface area contributed by atoms with E-state index in [2.05, 4.69) is 48.2 Å². The molecule has 0 aliphatic rings. The molecule has 0 fully saturated rings. The van der Waals surface area contributed by atoms with Gasteiger partial charge in [0.15, 0.2) is 0 Å². The van der Waals surface area contributed by atoms with Gasteiger partial charge in [-0.3, -0.25) is 9.69 Å². The van der Waals surface area contributed by atoms with E-state index in [0.29, 0.717) is 18.3 Å². The molecule has 7 nitrogen and oxygen atoms in total. The summed E-state index contributed by atoms with van der Waals surface area (Å²) in [4.78, 5) is 27.1. The number of nitrogens with zero attached hydrogens (tertiary/aromatic N) is 1. The van der Waals surface area contributed by atoms with Gasteiger partial charge in [0, 0.05) is 29.2 Å². The molecule has 0 atom stereocenters. The summed E-state index contributed by atoms with van der Waals surface area (Å²) in [6.07, 6.45) is -5.08. The van der Waals surface area contributed by atoms with Crippen molar-refractivity contribution >= 4 is 28.5 Å². The third-order valence-electron chi connectivity index (χ3n) is 5.85. The number of ether oxygens (including phenoxy) is 1.